The van der Waals surface area contributed by atoms with Gasteiger partial charge < -0.3 is 9.47 Å². The highest BCUT2D eigenvalue weighted by molar-refractivity contribution is 4.50. The minimum absolute atomic E-state index is 0.0757. The van der Waals surface area contributed by atoms with Gasteiger partial charge in [0.05, 0.1) is 0 Å². The molecule has 2 unspecified atom stereocenters. The first kappa shape index (κ1) is 12.9. The molecule has 0 amide bonds. The Kier molecular flexibility index (Phi) is 8.40. The molecular formula is C10H23NO2. The molecular weight excluding hydrogens is 166 g/mol. The van der Waals surface area contributed by atoms with Crippen molar-refractivity contribution in [3.05, 3.63) is 0 Å². The monoisotopic (exact) mass is 189 g/mol. The third-order valence-electron chi connectivity index (χ3n) is 1.61. The Morgan fingerprint density at radius 2 is 1.31 bits per heavy atom. The van der Waals surface area contributed by atoms with Crippen LogP contribution in [0.2, 0.25) is 0 Å². The summed E-state index contributed by atoms with van der Waals surface area (Å²) in [7, 11) is 0. The van der Waals surface area contributed by atoms with Crippen molar-refractivity contribution < 1.29 is 9.47 Å². The summed E-state index contributed by atoms with van der Waals surface area (Å²) in [5, 5.41) is 3.20. The van der Waals surface area contributed by atoms with Gasteiger partial charge in [-0.05, 0) is 26.7 Å². The van der Waals surface area contributed by atoms with Crippen molar-refractivity contribution in [2.75, 3.05) is 13.2 Å². The Labute approximate surface area is 81.8 Å². The van der Waals surface area contributed by atoms with E-state index in [1.54, 1.807) is 0 Å². The molecule has 3 nitrogen and oxygen atoms in total. The number of ether oxygens (including phenoxy) is 2. The Morgan fingerprint density at radius 3 is 1.62 bits per heavy atom. The summed E-state index contributed by atoms with van der Waals surface area (Å²) in [5.74, 6) is 0. The van der Waals surface area contributed by atoms with Crippen LogP contribution in [0.3, 0.4) is 0 Å². The highest BCUT2D eigenvalue weighted by Crippen LogP contribution is 1.93. The van der Waals surface area contributed by atoms with Crippen LogP contribution in [0.25, 0.3) is 0 Å². The van der Waals surface area contributed by atoms with E-state index in [1.165, 1.54) is 0 Å². The van der Waals surface area contributed by atoms with Crippen LogP contribution in [0.5, 0.6) is 0 Å². The van der Waals surface area contributed by atoms with E-state index in [-0.39, 0.29) is 12.5 Å². The molecule has 0 bridgehead atoms. The topological polar surface area (TPSA) is 30.5 Å². The Hall–Kier alpha value is -0.120. The summed E-state index contributed by atoms with van der Waals surface area (Å²) in [5.41, 5.74) is 0. The first-order valence-corrected chi connectivity index (χ1v) is 5.20. The summed E-state index contributed by atoms with van der Waals surface area (Å²) in [4.78, 5) is 0. The molecule has 13 heavy (non-hydrogen) atoms. The Bertz CT molecular complexity index is 97.1. The lowest BCUT2D eigenvalue weighted by molar-refractivity contribution is -0.0301. The fourth-order valence-corrected chi connectivity index (χ4v) is 1.02. The number of rotatable bonds is 8. The van der Waals surface area contributed by atoms with Crippen LogP contribution in [0.4, 0.5) is 0 Å². The molecule has 0 heterocycles. The molecule has 0 rings (SSSR count). The zero-order valence-corrected chi connectivity index (χ0v) is 9.30. The average Bonchev–Trinajstić information content (AvgIpc) is 2.11. The molecule has 0 spiro atoms. The van der Waals surface area contributed by atoms with Gasteiger partial charge in [0.15, 0.2) is 0 Å². The zero-order chi connectivity index (χ0) is 10.1. The standard InChI is InChI=1S/C10H23NO2/c1-5-7-12-9(3)11-10(4)13-8-6-2/h9-11H,5-8H2,1-4H3. The fraction of sp³-hybridized carbons (Fsp3) is 1.00. The lowest BCUT2D eigenvalue weighted by Gasteiger charge is -2.20. The predicted octanol–water partition coefficient (Wildman–Crippen LogP) is 2.12. The highest BCUT2D eigenvalue weighted by Gasteiger charge is 2.05. The Morgan fingerprint density at radius 1 is 0.923 bits per heavy atom. The van der Waals surface area contributed by atoms with Gasteiger partial charge in [-0.1, -0.05) is 13.8 Å². The minimum atomic E-state index is 0.0757. The lowest BCUT2D eigenvalue weighted by atomic mass is 10.5. The van der Waals surface area contributed by atoms with Crippen molar-refractivity contribution in [1.82, 2.24) is 5.32 Å². The summed E-state index contributed by atoms with van der Waals surface area (Å²) in [6.45, 7) is 9.81. The molecule has 0 aliphatic carbocycles. The van der Waals surface area contributed by atoms with Crippen molar-refractivity contribution in [3.63, 3.8) is 0 Å². The van der Waals surface area contributed by atoms with Gasteiger partial charge in [-0.3, -0.25) is 5.32 Å². The van der Waals surface area contributed by atoms with Crippen LogP contribution in [0, 0.1) is 0 Å². The van der Waals surface area contributed by atoms with Gasteiger partial charge in [-0.2, -0.15) is 0 Å². The maximum absolute atomic E-state index is 5.45. The molecule has 80 valence electrons. The molecule has 0 aromatic rings. The van der Waals surface area contributed by atoms with Gasteiger partial charge in [-0.25, -0.2) is 0 Å². The normalized spacial score (nSPS) is 15.7. The third-order valence-corrected chi connectivity index (χ3v) is 1.61. The summed E-state index contributed by atoms with van der Waals surface area (Å²) in [6.07, 6.45) is 2.26. The van der Waals surface area contributed by atoms with E-state index >= 15 is 0 Å². The third kappa shape index (κ3) is 8.22. The summed E-state index contributed by atoms with van der Waals surface area (Å²) in [6, 6.07) is 0. The van der Waals surface area contributed by atoms with Crippen molar-refractivity contribution in [2.45, 2.75) is 53.0 Å². The molecule has 0 radical (unpaired) electrons. The van der Waals surface area contributed by atoms with E-state index in [0.29, 0.717) is 0 Å². The highest BCUT2D eigenvalue weighted by atomic mass is 16.5. The molecule has 0 aliphatic heterocycles. The van der Waals surface area contributed by atoms with E-state index in [9.17, 15) is 0 Å². The van der Waals surface area contributed by atoms with Crippen LogP contribution in [-0.2, 0) is 9.47 Å². The summed E-state index contributed by atoms with van der Waals surface area (Å²) < 4.78 is 10.9. The van der Waals surface area contributed by atoms with Crippen LogP contribution < -0.4 is 5.32 Å². The zero-order valence-electron chi connectivity index (χ0n) is 9.30. The molecule has 0 fully saturated rings. The molecule has 0 aromatic carbocycles. The molecule has 0 aliphatic rings. The van der Waals surface area contributed by atoms with Gasteiger partial charge in [0, 0.05) is 13.2 Å². The smallest absolute Gasteiger partial charge is 0.107 e. The second-order valence-electron chi connectivity index (χ2n) is 3.19. The van der Waals surface area contributed by atoms with E-state index < -0.39 is 0 Å². The van der Waals surface area contributed by atoms with Gasteiger partial charge in [0.25, 0.3) is 0 Å². The molecule has 0 saturated carbocycles. The average molecular weight is 189 g/mol. The second-order valence-corrected chi connectivity index (χ2v) is 3.19. The minimum Gasteiger partial charge on any atom is -0.364 e. The molecule has 3 heteroatoms. The van der Waals surface area contributed by atoms with Crippen molar-refractivity contribution in [2.24, 2.45) is 0 Å². The predicted molar refractivity (Wildman–Crippen MR) is 54.5 cm³/mol. The van der Waals surface area contributed by atoms with E-state index in [0.717, 1.165) is 26.1 Å². The van der Waals surface area contributed by atoms with Crippen molar-refractivity contribution in [3.8, 4) is 0 Å². The number of hydrogen-bond acceptors (Lipinski definition) is 3. The van der Waals surface area contributed by atoms with Crippen molar-refractivity contribution >= 4 is 0 Å². The van der Waals surface area contributed by atoms with E-state index in [1.807, 2.05) is 13.8 Å². The molecule has 0 aromatic heterocycles. The van der Waals surface area contributed by atoms with Crippen LogP contribution in [0.1, 0.15) is 40.5 Å². The van der Waals surface area contributed by atoms with Crippen LogP contribution in [-0.4, -0.2) is 25.7 Å². The largest absolute Gasteiger partial charge is 0.364 e. The van der Waals surface area contributed by atoms with E-state index in [2.05, 4.69) is 19.2 Å². The first-order valence-electron chi connectivity index (χ1n) is 5.20. The van der Waals surface area contributed by atoms with Crippen LogP contribution in [0.15, 0.2) is 0 Å². The number of nitrogens with one attached hydrogen (secondary N) is 1. The Balaban J connectivity index is 3.35. The maximum atomic E-state index is 5.45. The fourth-order valence-electron chi connectivity index (χ4n) is 1.02. The van der Waals surface area contributed by atoms with Crippen LogP contribution >= 0.6 is 0 Å². The number of hydrogen-bond donors (Lipinski definition) is 1. The lowest BCUT2D eigenvalue weighted by Crippen LogP contribution is -2.38. The van der Waals surface area contributed by atoms with Gasteiger partial charge >= 0.3 is 0 Å². The second kappa shape index (κ2) is 8.48. The first-order chi connectivity index (χ1) is 6.20. The van der Waals surface area contributed by atoms with Gasteiger partial charge in [0.2, 0.25) is 0 Å². The summed E-state index contributed by atoms with van der Waals surface area (Å²) >= 11 is 0. The maximum Gasteiger partial charge on any atom is 0.107 e. The van der Waals surface area contributed by atoms with Gasteiger partial charge in [-0.15, -0.1) is 0 Å². The van der Waals surface area contributed by atoms with Gasteiger partial charge in [0.1, 0.15) is 12.5 Å². The van der Waals surface area contributed by atoms with Crippen molar-refractivity contribution in [1.29, 1.82) is 0 Å². The quantitative estimate of drug-likeness (QED) is 0.593. The SMILES string of the molecule is CCCOC(C)NC(C)OCCC. The molecule has 0 saturated heterocycles. The van der Waals surface area contributed by atoms with E-state index in [4.69, 9.17) is 9.47 Å². The molecule has 2 atom stereocenters. The molecule has 1 N–H and O–H groups in total.